The van der Waals surface area contributed by atoms with Crippen molar-refractivity contribution < 1.29 is 4.74 Å². The van der Waals surface area contributed by atoms with Crippen LogP contribution in [-0.4, -0.2) is 43.8 Å². The molecule has 0 aliphatic heterocycles. The third-order valence-corrected chi connectivity index (χ3v) is 2.04. The number of rotatable bonds is 8. The van der Waals surface area contributed by atoms with Gasteiger partial charge in [0.25, 0.3) is 0 Å². The van der Waals surface area contributed by atoms with Crippen LogP contribution in [0.5, 0.6) is 0 Å². The lowest BCUT2D eigenvalue weighted by Gasteiger charge is -2.17. The zero-order chi connectivity index (χ0) is 10.1. The predicted octanol–water partition coefficient (Wildman–Crippen LogP) is 1.08. The Kier molecular flexibility index (Phi) is 8.40. The second-order valence-electron chi connectivity index (χ2n) is 3.43. The summed E-state index contributed by atoms with van der Waals surface area (Å²) in [4.78, 5) is 2.40. The summed E-state index contributed by atoms with van der Waals surface area (Å²) >= 11 is 0. The molecule has 0 saturated heterocycles. The Morgan fingerprint density at radius 1 is 1.31 bits per heavy atom. The molecule has 0 saturated carbocycles. The summed E-state index contributed by atoms with van der Waals surface area (Å²) in [5.41, 5.74) is 5.55. The molecule has 0 spiro atoms. The molecule has 0 aromatic rings. The standard InChI is InChI=1S/C10H24N2O/c1-4-12(5-2)7-6-8-13-9-10(3)11/h10H,4-9,11H2,1-3H3. The molecule has 1 atom stereocenters. The maximum atomic E-state index is 5.55. The minimum Gasteiger partial charge on any atom is -0.380 e. The summed E-state index contributed by atoms with van der Waals surface area (Å²) in [7, 11) is 0. The van der Waals surface area contributed by atoms with Gasteiger partial charge in [-0.1, -0.05) is 13.8 Å². The smallest absolute Gasteiger partial charge is 0.0614 e. The molecular weight excluding hydrogens is 164 g/mol. The molecule has 1 unspecified atom stereocenters. The second kappa shape index (κ2) is 8.48. The topological polar surface area (TPSA) is 38.5 Å². The molecule has 0 bridgehead atoms. The van der Waals surface area contributed by atoms with Crippen LogP contribution in [0, 0.1) is 0 Å². The van der Waals surface area contributed by atoms with Gasteiger partial charge in [-0.05, 0) is 26.4 Å². The second-order valence-corrected chi connectivity index (χ2v) is 3.43. The van der Waals surface area contributed by atoms with E-state index in [1.807, 2.05) is 6.92 Å². The van der Waals surface area contributed by atoms with Gasteiger partial charge in [-0.2, -0.15) is 0 Å². The molecular formula is C10H24N2O. The number of hydrogen-bond donors (Lipinski definition) is 1. The van der Waals surface area contributed by atoms with Crippen LogP contribution in [-0.2, 0) is 4.74 Å². The third-order valence-electron chi connectivity index (χ3n) is 2.04. The Hall–Kier alpha value is -0.120. The van der Waals surface area contributed by atoms with Crippen LogP contribution in [0.3, 0.4) is 0 Å². The van der Waals surface area contributed by atoms with Gasteiger partial charge in [0.05, 0.1) is 6.61 Å². The van der Waals surface area contributed by atoms with E-state index in [4.69, 9.17) is 10.5 Å². The van der Waals surface area contributed by atoms with Crippen molar-refractivity contribution in [2.24, 2.45) is 5.73 Å². The molecule has 0 aliphatic rings. The van der Waals surface area contributed by atoms with Crippen molar-refractivity contribution in [3.8, 4) is 0 Å². The van der Waals surface area contributed by atoms with Crippen molar-refractivity contribution in [1.82, 2.24) is 4.90 Å². The fourth-order valence-electron chi connectivity index (χ4n) is 1.20. The van der Waals surface area contributed by atoms with Crippen LogP contribution < -0.4 is 5.73 Å². The van der Waals surface area contributed by atoms with Crippen LogP contribution in [0.4, 0.5) is 0 Å². The summed E-state index contributed by atoms with van der Waals surface area (Å²) in [5, 5.41) is 0. The number of hydrogen-bond acceptors (Lipinski definition) is 3. The lowest BCUT2D eigenvalue weighted by atomic mass is 10.4. The Balaban J connectivity index is 3.14. The highest BCUT2D eigenvalue weighted by Crippen LogP contribution is 1.91. The van der Waals surface area contributed by atoms with E-state index in [9.17, 15) is 0 Å². The molecule has 0 aromatic carbocycles. The van der Waals surface area contributed by atoms with Crippen LogP contribution in [0.2, 0.25) is 0 Å². The van der Waals surface area contributed by atoms with Crippen molar-refractivity contribution in [3.63, 3.8) is 0 Å². The Morgan fingerprint density at radius 3 is 2.38 bits per heavy atom. The fourth-order valence-corrected chi connectivity index (χ4v) is 1.20. The lowest BCUT2D eigenvalue weighted by Crippen LogP contribution is -2.26. The van der Waals surface area contributed by atoms with Gasteiger partial charge in [0, 0.05) is 19.2 Å². The first kappa shape index (κ1) is 12.9. The molecule has 3 heteroatoms. The van der Waals surface area contributed by atoms with Gasteiger partial charge in [0.15, 0.2) is 0 Å². The van der Waals surface area contributed by atoms with Crippen molar-refractivity contribution in [1.29, 1.82) is 0 Å². The minimum atomic E-state index is 0.161. The van der Waals surface area contributed by atoms with Crippen LogP contribution >= 0.6 is 0 Å². The zero-order valence-electron chi connectivity index (χ0n) is 9.25. The summed E-state index contributed by atoms with van der Waals surface area (Å²) in [6, 6.07) is 0.161. The summed E-state index contributed by atoms with van der Waals surface area (Å²) in [5.74, 6) is 0. The van der Waals surface area contributed by atoms with E-state index in [1.54, 1.807) is 0 Å². The molecule has 0 aromatic heterocycles. The highest BCUT2D eigenvalue weighted by Gasteiger charge is 1.98. The van der Waals surface area contributed by atoms with Gasteiger partial charge < -0.3 is 15.4 Å². The average molecular weight is 188 g/mol. The Labute approximate surface area is 82.2 Å². The van der Waals surface area contributed by atoms with E-state index in [1.165, 1.54) is 0 Å². The largest absolute Gasteiger partial charge is 0.380 e. The Bertz CT molecular complexity index is 103. The molecule has 3 nitrogen and oxygen atoms in total. The molecule has 13 heavy (non-hydrogen) atoms. The Morgan fingerprint density at radius 2 is 1.92 bits per heavy atom. The maximum absolute atomic E-state index is 5.55. The molecule has 2 N–H and O–H groups in total. The molecule has 0 radical (unpaired) electrons. The monoisotopic (exact) mass is 188 g/mol. The van der Waals surface area contributed by atoms with Crippen molar-refractivity contribution >= 4 is 0 Å². The third kappa shape index (κ3) is 8.22. The quantitative estimate of drug-likeness (QED) is 0.579. The molecule has 0 fully saturated rings. The minimum absolute atomic E-state index is 0.161. The first-order valence-electron chi connectivity index (χ1n) is 5.26. The number of nitrogens with two attached hydrogens (primary N) is 1. The van der Waals surface area contributed by atoms with E-state index in [-0.39, 0.29) is 6.04 Å². The van der Waals surface area contributed by atoms with Crippen LogP contribution in [0.15, 0.2) is 0 Å². The fraction of sp³-hybridized carbons (Fsp3) is 1.00. The SMILES string of the molecule is CCN(CC)CCCOCC(C)N. The molecule has 0 heterocycles. The van der Waals surface area contributed by atoms with Gasteiger partial charge >= 0.3 is 0 Å². The van der Waals surface area contributed by atoms with Gasteiger partial charge in [-0.3, -0.25) is 0 Å². The molecule has 0 rings (SSSR count). The summed E-state index contributed by atoms with van der Waals surface area (Å²) < 4.78 is 5.38. The van der Waals surface area contributed by atoms with E-state index in [0.29, 0.717) is 6.61 Å². The lowest BCUT2D eigenvalue weighted by molar-refractivity contribution is 0.113. The van der Waals surface area contributed by atoms with Crippen LogP contribution in [0.25, 0.3) is 0 Å². The van der Waals surface area contributed by atoms with Crippen molar-refractivity contribution in [2.45, 2.75) is 33.2 Å². The predicted molar refractivity (Wildman–Crippen MR) is 56.9 cm³/mol. The normalized spacial score (nSPS) is 13.6. The van der Waals surface area contributed by atoms with Crippen LogP contribution in [0.1, 0.15) is 27.2 Å². The summed E-state index contributed by atoms with van der Waals surface area (Å²) in [6.07, 6.45) is 1.11. The van der Waals surface area contributed by atoms with Gasteiger partial charge in [0.2, 0.25) is 0 Å². The van der Waals surface area contributed by atoms with E-state index >= 15 is 0 Å². The van der Waals surface area contributed by atoms with Gasteiger partial charge in [0.1, 0.15) is 0 Å². The number of ether oxygens (including phenoxy) is 1. The highest BCUT2D eigenvalue weighted by molar-refractivity contribution is 4.53. The van der Waals surface area contributed by atoms with E-state index in [0.717, 1.165) is 32.7 Å². The zero-order valence-corrected chi connectivity index (χ0v) is 9.25. The first-order valence-corrected chi connectivity index (χ1v) is 5.26. The molecule has 80 valence electrons. The average Bonchev–Trinajstić information content (AvgIpc) is 2.11. The van der Waals surface area contributed by atoms with Crippen molar-refractivity contribution in [3.05, 3.63) is 0 Å². The van der Waals surface area contributed by atoms with E-state index in [2.05, 4.69) is 18.7 Å². The molecule has 0 aliphatic carbocycles. The summed E-state index contributed by atoms with van der Waals surface area (Å²) in [6.45, 7) is 11.2. The number of nitrogens with zero attached hydrogens (tertiary/aromatic N) is 1. The van der Waals surface area contributed by atoms with Gasteiger partial charge in [-0.15, -0.1) is 0 Å². The van der Waals surface area contributed by atoms with E-state index < -0.39 is 0 Å². The van der Waals surface area contributed by atoms with Crippen molar-refractivity contribution in [2.75, 3.05) is 32.8 Å². The first-order chi connectivity index (χ1) is 6.20. The molecule has 0 amide bonds. The highest BCUT2D eigenvalue weighted by atomic mass is 16.5. The van der Waals surface area contributed by atoms with Gasteiger partial charge in [-0.25, -0.2) is 0 Å². The maximum Gasteiger partial charge on any atom is 0.0614 e.